The molecule has 0 radical (unpaired) electrons. The molecule has 6 nitrogen and oxygen atoms in total. The summed E-state index contributed by atoms with van der Waals surface area (Å²) in [5.41, 5.74) is -0.200. The van der Waals surface area contributed by atoms with E-state index in [4.69, 9.17) is 4.52 Å². The molecule has 1 heterocycles. The molecule has 0 saturated heterocycles. The zero-order chi connectivity index (χ0) is 19.5. The average Bonchev–Trinajstić information content (AvgIpc) is 3.06. The summed E-state index contributed by atoms with van der Waals surface area (Å²) in [6.45, 7) is 1.81. The third-order valence-electron chi connectivity index (χ3n) is 4.50. The Morgan fingerprint density at radius 3 is 2.48 bits per heavy atom. The molecule has 1 aromatic heterocycles. The SMILES string of the molecule is CCCC(OP(=O)(O)Cc1ccccc1)(C(=O)O)c1c[nH]c2ccccc12. The van der Waals surface area contributed by atoms with Gasteiger partial charge < -0.3 is 15.0 Å². The number of fused-ring (bicyclic) bond motifs is 1. The fraction of sp³-hybridized carbons (Fsp3) is 0.250. The highest BCUT2D eigenvalue weighted by Gasteiger charge is 2.47. The fourth-order valence-electron chi connectivity index (χ4n) is 3.34. The number of aromatic nitrogens is 1. The Morgan fingerprint density at radius 2 is 1.81 bits per heavy atom. The van der Waals surface area contributed by atoms with E-state index in [2.05, 4.69) is 4.98 Å². The molecular formula is C20H22NO5P. The van der Waals surface area contributed by atoms with Gasteiger partial charge in [-0.05, 0) is 18.1 Å². The summed E-state index contributed by atoms with van der Waals surface area (Å²) in [6, 6.07) is 15.9. The number of hydrogen-bond donors (Lipinski definition) is 3. The summed E-state index contributed by atoms with van der Waals surface area (Å²) in [7, 11) is -4.23. The molecule has 142 valence electrons. The summed E-state index contributed by atoms with van der Waals surface area (Å²) in [4.78, 5) is 25.8. The maximum absolute atomic E-state index is 12.9. The molecule has 3 N–H and O–H groups in total. The Balaban J connectivity index is 2.05. The van der Waals surface area contributed by atoms with Gasteiger partial charge in [0.1, 0.15) is 0 Å². The molecular weight excluding hydrogens is 365 g/mol. The number of H-pyrrole nitrogens is 1. The van der Waals surface area contributed by atoms with Crippen molar-refractivity contribution in [2.75, 3.05) is 0 Å². The van der Waals surface area contributed by atoms with E-state index in [9.17, 15) is 19.4 Å². The van der Waals surface area contributed by atoms with E-state index in [1.54, 1.807) is 48.7 Å². The third kappa shape index (κ3) is 3.98. The molecule has 0 aliphatic heterocycles. The summed E-state index contributed by atoms with van der Waals surface area (Å²) < 4.78 is 18.4. The standard InChI is InChI=1S/C20H22NO5P/c1-2-12-20(19(22)23,17-13-21-18-11-7-6-10-16(17)18)26-27(24,25)14-15-8-4-3-5-9-15/h3-11,13,21H,2,12,14H2,1H3,(H,22,23)(H,24,25). The molecule has 3 rings (SSSR count). The predicted octanol–water partition coefficient (Wildman–Crippen LogP) is 4.65. The lowest BCUT2D eigenvalue weighted by molar-refractivity contribution is -0.157. The van der Waals surface area contributed by atoms with Crippen molar-refractivity contribution in [2.24, 2.45) is 0 Å². The van der Waals surface area contributed by atoms with Crippen LogP contribution in [-0.4, -0.2) is 21.0 Å². The van der Waals surface area contributed by atoms with E-state index in [0.717, 1.165) is 5.52 Å². The molecule has 2 atom stereocenters. The monoisotopic (exact) mass is 387 g/mol. The second-order valence-electron chi connectivity index (χ2n) is 6.50. The van der Waals surface area contributed by atoms with Crippen LogP contribution >= 0.6 is 7.60 Å². The molecule has 0 fully saturated rings. The number of carbonyl (C=O) groups is 1. The first-order valence-corrected chi connectivity index (χ1v) is 10.5. The van der Waals surface area contributed by atoms with Crippen LogP contribution in [0.2, 0.25) is 0 Å². The van der Waals surface area contributed by atoms with Crippen molar-refractivity contribution in [3.63, 3.8) is 0 Å². The van der Waals surface area contributed by atoms with Crippen LogP contribution in [0.5, 0.6) is 0 Å². The normalized spacial score (nSPS) is 15.9. The van der Waals surface area contributed by atoms with Crippen LogP contribution in [0.15, 0.2) is 60.8 Å². The van der Waals surface area contributed by atoms with Crippen molar-refractivity contribution in [2.45, 2.75) is 31.5 Å². The average molecular weight is 387 g/mol. The van der Waals surface area contributed by atoms with Gasteiger partial charge in [0.15, 0.2) is 0 Å². The van der Waals surface area contributed by atoms with Crippen molar-refractivity contribution in [1.29, 1.82) is 0 Å². The number of benzene rings is 2. The van der Waals surface area contributed by atoms with Crippen LogP contribution in [0.1, 0.15) is 30.9 Å². The number of rotatable bonds is 8. The van der Waals surface area contributed by atoms with E-state index in [-0.39, 0.29) is 12.6 Å². The zero-order valence-corrected chi connectivity index (χ0v) is 15.9. The minimum atomic E-state index is -4.23. The van der Waals surface area contributed by atoms with Gasteiger partial charge in [0.2, 0.25) is 5.60 Å². The molecule has 3 aromatic rings. The Labute approximate surface area is 157 Å². The molecule has 2 aromatic carbocycles. The summed E-state index contributed by atoms with van der Waals surface area (Å²) >= 11 is 0. The number of para-hydroxylation sites is 1. The van der Waals surface area contributed by atoms with Crippen LogP contribution in [-0.2, 0) is 25.6 Å². The quantitative estimate of drug-likeness (QED) is 0.489. The van der Waals surface area contributed by atoms with Gasteiger partial charge in [0.05, 0.1) is 6.16 Å². The first-order chi connectivity index (χ1) is 12.9. The third-order valence-corrected chi connectivity index (χ3v) is 5.86. The van der Waals surface area contributed by atoms with Crippen LogP contribution in [0.25, 0.3) is 10.9 Å². The van der Waals surface area contributed by atoms with E-state index < -0.39 is 19.2 Å². The molecule has 0 spiro atoms. The lowest BCUT2D eigenvalue weighted by Gasteiger charge is -2.31. The van der Waals surface area contributed by atoms with Crippen molar-refractivity contribution >= 4 is 24.5 Å². The molecule has 0 aliphatic rings. The van der Waals surface area contributed by atoms with Crippen molar-refractivity contribution in [3.05, 3.63) is 71.9 Å². The molecule has 27 heavy (non-hydrogen) atoms. The van der Waals surface area contributed by atoms with E-state index in [1.807, 2.05) is 19.1 Å². The minimum absolute atomic E-state index is 0.0729. The van der Waals surface area contributed by atoms with Crippen LogP contribution < -0.4 is 0 Å². The van der Waals surface area contributed by atoms with Gasteiger partial charge in [-0.3, -0.25) is 9.09 Å². The van der Waals surface area contributed by atoms with Crippen molar-refractivity contribution in [1.82, 2.24) is 4.98 Å². The summed E-state index contributed by atoms with van der Waals surface area (Å²) in [5.74, 6) is -1.28. The molecule has 0 saturated carbocycles. The second kappa shape index (κ2) is 7.69. The molecule has 7 heteroatoms. The van der Waals surface area contributed by atoms with Gasteiger partial charge in [-0.1, -0.05) is 61.9 Å². The van der Waals surface area contributed by atoms with Gasteiger partial charge in [0, 0.05) is 22.7 Å². The Bertz CT molecular complexity index is 984. The Kier molecular flexibility index (Phi) is 5.51. The maximum Gasteiger partial charge on any atom is 0.341 e. The fourth-order valence-corrected chi connectivity index (χ4v) is 4.83. The van der Waals surface area contributed by atoms with Gasteiger partial charge in [-0.15, -0.1) is 0 Å². The Morgan fingerprint density at radius 1 is 1.15 bits per heavy atom. The number of aliphatic carboxylic acids is 1. The predicted molar refractivity (Wildman–Crippen MR) is 104 cm³/mol. The maximum atomic E-state index is 12.9. The summed E-state index contributed by atoms with van der Waals surface area (Å²) in [6.07, 6.45) is 1.84. The van der Waals surface area contributed by atoms with Gasteiger partial charge in [-0.25, -0.2) is 4.79 Å². The topological polar surface area (TPSA) is 99.6 Å². The largest absolute Gasteiger partial charge is 0.479 e. The first kappa shape index (κ1) is 19.4. The van der Waals surface area contributed by atoms with Gasteiger partial charge >= 0.3 is 13.6 Å². The zero-order valence-electron chi connectivity index (χ0n) is 15.0. The number of carboxylic acids is 1. The van der Waals surface area contributed by atoms with Gasteiger partial charge in [0.25, 0.3) is 0 Å². The van der Waals surface area contributed by atoms with Crippen LogP contribution in [0.4, 0.5) is 0 Å². The minimum Gasteiger partial charge on any atom is -0.479 e. The van der Waals surface area contributed by atoms with Gasteiger partial charge in [-0.2, -0.15) is 0 Å². The molecule has 0 bridgehead atoms. The highest BCUT2D eigenvalue weighted by Crippen LogP contribution is 2.54. The van der Waals surface area contributed by atoms with E-state index in [0.29, 0.717) is 22.9 Å². The Hall–Kier alpha value is -2.40. The van der Waals surface area contributed by atoms with E-state index in [1.165, 1.54) is 0 Å². The number of carboxylic acid groups (broad SMARTS) is 1. The highest BCUT2D eigenvalue weighted by molar-refractivity contribution is 7.52. The molecule has 0 aliphatic carbocycles. The highest BCUT2D eigenvalue weighted by atomic mass is 31.2. The van der Waals surface area contributed by atoms with E-state index >= 15 is 0 Å². The lowest BCUT2D eigenvalue weighted by atomic mass is 9.89. The second-order valence-corrected chi connectivity index (χ2v) is 8.28. The first-order valence-electron chi connectivity index (χ1n) is 8.74. The number of nitrogens with one attached hydrogen (secondary N) is 1. The smallest absolute Gasteiger partial charge is 0.341 e. The summed E-state index contributed by atoms with van der Waals surface area (Å²) in [5, 5.41) is 10.7. The lowest BCUT2D eigenvalue weighted by Crippen LogP contribution is -2.38. The number of hydrogen-bond acceptors (Lipinski definition) is 3. The molecule has 0 amide bonds. The number of aromatic amines is 1. The van der Waals surface area contributed by atoms with Crippen LogP contribution in [0.3, 0.4) is 0 Å². The van der Waals surface area contributed by atoms with Crippen molar-refractivity contribution in [3.8, 4) is 0 Å². The van der Waals surface area contributed by atoms with Crippen LogP contribution in [0, 0.1) is 0 Å². The molecule has 2 unspecified atom stereocenters. The van der Waals surface area contributed by atoms with Crippen molar-refractivity contribution < 1.29 is 23.9 Å².